The van der Waals surface area contributed by atoms with E-state index in [1.54, 1.807) is 0 Å². The third kappa shape index (κ3) is 1.74. The fourth-order valence-electron chi connectivity index (χ4n) is 2.34. The molecule has 1 aromatic rings. The molecule has 0 atom stereocenters. The Labute approximate surface area is 91.9 Å². The van der Waals surface area contributed by atoms with Crippen LogP contribution >= 0.6 is 11.6 Å². The number of aromatic amines is 1. The van der Waals surface area contributed by atoms with Crippen molar-refractivity contribution < 1.29 is 0 Å². The summed E-state index contributed by atoms with van der Waals surface area (Å²) in [6, 6.07) is 1.26. The number of rotatable bonds is 1. The Morgan fingerprint density at radius 2 is 2.00 bits per heavy atom. The molecule has 1 saturated carbocycles. The maximum atomic E-state index is 11.7. The largest absolute Gasteiger partial charge is 0.329 e. The summed E-state index contributed by atoms with van der Waals surface area (Å²) in [5.41, 5.74) is -1.06. The topological polar surface area (TPSA) is 54.9 Å². The number of nitrogens with zero attached hydrogens (tertiary/aromatic N) is 1. The number of H-pyrrole nitrogens is 1. The minimum absolute atomic E-state index is 0.0999. The van der Waals surface area contributed by atoms with Crippen LogP contribution in [0.15, 0.2) is 15.7 Å². The van der Waals surface area contributed by atoms with Gasteiger partial charge in [0.1, 0.15) is 5.15 Å². The predicted octanol–water partition coefficient (Wildman–Crippen LogP) is 1.48. The van der Waals surface area contributed by atoms with Crippen LogP contribution in [0.3, 0.4) is 0 Å². The number of hydrogen-bond donors (Lipinski definition) is 1. The lowest BCUT2D eigenvalue weighted by molar-refractivity contribution is 0.305. The first kappa shape index (κ1) is 10.5. The molecule has 4 nitrogen and oxygen atoms in total. The number of aromatic nitrogens is 2. The third-order valence-electron chi connectivity index (χ3n) is 3.12. The number of halogens is 1. The SMILES string of the molecule is CC1(n2c(=O)cc(Cl)[nH]c2=O)CCCC1. The van der Waals surface area contributed by atoms with Crippen LogP contribution < -0.4 is 11.2 Å². The van der Waals surface area contributed by atoms with E-state index in [9.17, 15) is 9.59 Å². The monoisotopic (exact) mass is 228 g/mol. The molecule has 82 valence electrons. The summed E-state index contributed by atoms with van der Waals surface area (Å²) in [5.74, 6) is 0. The molecule has 1 aliphatic rings. The van der Waals surface area contributed by atoms with Gasteiger partial charge in [-0.1, -0.05) is 24.4 Å². The summed E-state index contributed by atoms with van der Waals surface area (Å²) in [7, 11) is 0. The van der Waals surface area contributed by atoms with Gasteiger partial charge in [0.15, 0.2) is 0 Å². The Bertz CT molecular complexity index is 452. The average Bonchev–Trinajstić information content (AvgIpc) is 2.50. The van der Waals surface area contributed by atoms with Gasteiger partial charge < -0.3 is 0 Å². The second-order valence-electron chi connectivity index (χ2n) is 4.30. The molecule has 0 spiro atoms. The zero-order valence-electron chi connectivity index (χ0n) is 8.55. The van der Waals surface area contributed by atoms with Crippen LogP contribution in [0.25, 0.3) is 0 Å². The van der Waals surface area contributed by atoms with Crippen LogP contribution in [0.1, 0.15) is 32.6 Å². The van der Waals surface area contributed by atoms with Crippen LogP contribution in [0.2, 0.25) is 5.15 Å². The Hall–Kier alpha value is -1.03. The van der Waals surface area contributed by atoms with Crippen molar-refractivity contribution in [2.45, 2.75) is 38.1 Å². The van der Waals surface area contributed by atoms with Crippen molar-refractivity contribution in [3.8, 4) is 0 Å². The third-order valence-corrected chi connectivity index (χ3v) is 3.32. The molecule has 0 aliphatic heterocycles. The van der Waals surface area contributed by atoms with E-state index in [0.29, 0.717) is 0 Å². The van der Waals surface area contributed by atoms with Crippen LogP contribution in [0, 0.1) is 0 Å². The molecule has 1 fully saturated rings. The van der Waals surface area contributed by atoms with Crippen LogP contribution in [0.5, 0.6) is 0 Å². The van der Waals surface area contributed by atoms with Crippen molar-refractivity contribution >= 4 is 11.6 Å². The first-order valence-electron chi connectivity index (χ1n) is 5.05. The molecule has 0 radical (unpaired) electrons. The van der Waals surface area contributed by atoms with E-state index in [0.717, 1.165) is 25.7 Å². The highest BCUT2D eigenvalue weighted by molar-refractivity contribution is 6.29. The van der Waals surface area contributed by atoms with Gasteiger partial charge in [0.25, 0.3) is 5.56 Å². The van der Waals surface area contributed by atoms with Gasteiger partial charge in [-0.2, -0.15) is 0 Å². The van der Waals surface area contributed by atoms with E-state index in [1.807, 2.05) is 6.92 Å². The van der Waals surface area contributed by atoms with Crippen molar-refractivity contribution in [3.63, 3.8) is 0 Å². The maximum Gasteiger partial charge on any atom is 0.329 e. The first-order valence-corrected chi connectivity index (χ1v) is 5.43. The highest BCUT2D eigenvalue weighted by Gasteiger charge is 2.33. The van der Waals surface area contributed by atoms with E-state index in [-0.39, 0.29) is 16.3 Å². The van der Waals surface area contributed by atoms with Gasteiger partial charge in [-0.3, -0.25) is 14.3 Å². The lowest BCUT2D eigenvalue weighted by Crippen LogP contribution is -2.46. The van der Waals surface area contributed by atoms with E-state index in [4.69, 9.17) is 11.6 Å². The predicted molar refractivity (Wildman–Crippen MR) is 58.4 cm³/mol. The summed E-state index contributed by atoms with van der Waals surface area (Å²) in [6.07, 6.45) is 3.87. The summed E-state index contributed by atoms with van der Waals surface area (Å²) in [5, 5.41) is 0.0999. The van der Waals surface area contributed by atoms with Crippen molar-refractivity contribution in [1.29, 1.82) is 0 Å². The zero-order valence-corrected chi connectivity index (χ0v) is 9.30. The van der Waals surface area contributed by atoms with Gasteiger partial charge >= 0.3 is 5.69 Å². The number of nitrogens with one attached hydrogen (secondary N) is 1. The molecular weight excluding hydrogens is 216 g/mol. The Morgan fingerprint density at radius 1 is 1.40 bits per heavy atom. The summed E-state index contributed by atoms with van der Waals surface area (Å²) >= 11 is 5.61. The molecule has 0 saturated heterocycles. The van der Waals surface area contributed by atoms with Crippen molar-refractivity contribution in [3.05, 3.63) is 32.1 Å². The van der Waals surface area contributed by atoms with Crippen LogP contribution in [-0.4, -0.2) is 9.55 Å². The summed E-state index contributed by atoms with van der Waals surface area (Å²) in [6.45, 7) is 1.95. The molecule has 5 heteroatoms. The van der Waals surface area contributed by atoms with Gasteiger partial charge in [-0.25, -0.2) is 4.79 Å². The molecule has 0 unspecified atom stereocenters. The first-order chi connectivity index (χ1) is 7.03. The Kier molecular flexibility index (Phi) is 2.46. The normalized spacial score (nSPS) is 19.3. The fourth-order valence-corrected chi connectivity index (χ4v) is 2.51. The van der Waals surface area contributed by atoms with Crippen LogP contribution in [0.4, 0.5) is 0 Å². The molecule has 0 amide bonds. The van der Waals surface area contributed by atoms with Crippen LogP contribution in [-0.2, 0) is 5.54 Å². The van der Waals surface area contributed by atoms with Gasteiger partial charge in [0, 0.05) is 11.6 Å². The Morgan fingerprint density at radius 3 is 2.53 bits per heavy atom. The lowest BCUT2D eigenvalue weighted by atomic mass is 10.0. The molecule has 1 aromatic heterocycles. The standard InChI is InChI=1S/C10H13ClN2O2/c1-10(4-2-3-5-10)13-8(14)6-7(11)12-9(13)15/h6H,2-5H2,1H3,(H,12,15). The number of hydrogen-bond acceptors (Lipinski definition) is 2. The second kappa shape index (κ2) is 3.52. The second-order valence-corrected chi connectivity index (χ2v) is 4.71. The molecule has 1 N–H and O–H groups in total. The van der Waals surface area contributed by atoms with Gasteiger partial charge in [0.05, 0.1) is 0 Å². The molecule has 0 aromatic carbocycles. The van der Waals surface area contributed by atoms with E-state index >= 15 is 0 Å². The molecule has 15 heavy (non-hydrogen) atoms. The van der Waals surface area contributed by atoms with Gasteiger partial charge in [0.2, 0.25) is 0 Å². The lowest BCUT2D eigenvalue weighted by Gasteiger charge is -2.25. The average molecular weight is 229 g/mol. The van der Waals surface area contributed by atoms with Gasteiger partial charge in [-0.15, -0.1) is 0 Å². The summed E-state index contributed by atoms with van der Waals surface area (Å²) < 4.78 is 1.30. The highest BCUT2D eigenvalue weighted by atomic mass is 35.5. The zero-order chi connectivity index (χ0) is 11.1. The van der Waals surface area contributed by atoms with Crippen molar-refractivity contribution in [1.82, 2.24) is 9.55 Å². The molecule has 2 rings (SSSR count). The fraction of sp³-hybridized carbons (Fsp3) is 0.600. The minimum atomic E-state index is -0.406. The smallest absolute Gasteiger partial charge is 0.298 e. The molecule has 0 bridgehead atoms. The quantitative estimate of drug-likeness (QED) is 0.741. The van der Waals surface area contributed by atoms with Gasteiger partial charge in [-0.05, 0) is 19.8 Å². The maximum absolute atomic E-state index is 11.7. The van der Waals surface area contributed by atoms with Crippen molar-refractivity contribution in [2.24, 2.45) is 0 Å². The van der Waals surface area contributed by atoms with E-state index in [1.165, 1.54) is 10.6 Å². The molecule has 1 aliphatic carbocycles. The Balaban J connectivity index is 2.62. The highest BCUT2D eigenvalue weighted by Crippen LogP contribution is 2.33. The molecular formula is C10H13ClN2O2. The molecule has 1 heterocycles. The van der Waals surface area contributed by atoms with E-state index in [2.05, 4.69) is 4.98 Å². The minimum Gasteiger partial charge on any atom is -0.298 e. The summed E-state index contributed by atoms with van der Waals surface area (Å²) in [4.78, 5) is 25.8. The van der Waals surface area contributed by atoms with E-state index < -0.39 is 5.69 Å². The van der Waals surface area contributed by atoms with Crippen molar-refractivity contribution in [2.75, 3.05) is 0 Å².